The Labute approximate surface area is 87.2 Å². The molecule has 4 nitrogen and oxygen atoms in total. The van der Waals surface area contributed by atoms with Crippen molar-refractivity contribution in [3.05, 3.63) is 35.3 Å². The van der Waals surface area contributed by atoms with Crippen LogP contribution in [0, 0.1) is 6.92 Å². The highest BCUT2D eigenvalue weighted by Gasteiger charge is 2.16. The maximum absolute atomic E-state index is 11.1. The minimum absolute atomic E-state index is 0.266. The third-order valence-corrected chi connectivity index (χ3v) is 2.46. The van der Waals surface area contributed by atoms with Crippen LogP contribution in [-0.4, -0.2) is 20.5 Å². The summed E-state index contributed by atoms with van der Waals surface area (Å²) >= 11 is 0. The van der Waals surface area contributed by atoms with Crippen LogP contribution in [0.15, 0.2) is 18.2 Å². The number of carboxylic acid groups (broad SMARTS) is 1. The van der Waals surface area contributed by atoms with Gasteiger partial charge in [0.2, 0.25) is 0 Å². The van der Waals surface area contributed by atoms with Gasteiger partial charge in [0, 0.05) is 5.69 Å². The largest absolute Gasteiger partial charge is 0.477 e. The lowest BCUT2D eigenvalue weighted by Crippen LogP contribution is -2.06. The number of rotatable bonds is 2. The van der Waals surface area contributed by atoms with Crippen molar-refractivity contribution in [2.75, 3.05) is 0 Å². The van der Waals surface area contributed by atoms with E-state index in [9.17, 15) is 4.79 Å². The summed E-state index contributed by atoms with van der Waals surface area (Å²) in [4.78, 5) is 15.3. The average Bonchev–Trinajstić information content (AvgIpc) is 2.53. The van der Waals surface area contributed by atoms with Gasteiger partial charge in [-0.25, -0.2) is 9.78 Å². The Morgan fingerprint density at radius 3 is 2.87 bits per heavy atom. The second-order valence-electron chi connectivity index (χ2n) is 3.42. The van der Waals surface area contributed by atoms with Crippen molar-refractivity contribution in [2.45, 2.75) is 20.3 Å². The SMILES string of the molecule is CCc1cccc2nc(C)c(C(=O)O)n12. The van der Waals surface area contributed by atoms with E-state index >= 15 is 0 Å². The second-order valence-corrected chi connectivity index (χ2v) is 3.42. The van der Waals surface area contributed by atoms with Crippen LogP contribution in [0.5, 0.6) is 0 Å². The number of carbonyl (C=O) groups is 1. The Bertz CT molecular complexity index is 529. The van der Waals surface area contributed by atoms with E-state index in [-0.39, 0.29) is 5.69 Å². The first-order valence-electron chi connectivity index (χ1n) is 4.85. The Balaban J connectivity index is 2.88. The van der Waals surface area contributed by atoms with E-state index in [1.54, 1.807) is 11.3 Å². The molecular weight excluding hydrogens is 192 g/mol. The molecule has 0 atom stereocenters. The summed E-state index contributed by atoms with van der Waals surface area (Å²) < 4.78 is 1.71. The monoisotopic (exact) mass is 204 g/mol. The average molecular weight is 204 g/mol. The fraction of sp³-hybridized carbons (Fsp3) is 0.273. The topological polar surface area (TPSA) is 54.6 Å². The lowest BCUT2D eigenvalue weighted by Gasteiger charge is -2.04. The molecule has 0 amide bonds. The van der Waals surface area contributed by atoms with Gasteiger partial charge in [-0.3, -0.25) is 4.40 Å². The van der Waals surface area contributed by atoms with E-state index < -0.39 is 5.97 Å². The maximum atomic E-state index is 11.1. The van der Waals surface area contributed by atoms with Gasteiger partial charge in [0.25, 0.3) is 0 Å². The zero-order valence-corrected chi connectivity index (χ0v) is 8.69. The van der Waals surface area contributed by atoms with Crippen molar-refractivity contribution in [2.24, 2.45) is 0 Å². The first-order chi connectivity index (χ1) is 7.15. The molecule has 0 saturated heterocycles. The molecule has 0 saturated carbocycles. The Hall–Kier alpha value is -1.84. The van der Waals surface area contributed by atoms with Crippen LogP contribution < -0.4 is 0 Å². The highest BCUT2D eigenvalue weighted by molar-refractivity contribution is 5.88. The van der Waals surface area contributed by atoms with Crippen molar-refractivity contribution >= 4 is 11.6 Å². The van der Waals surface area contributed by atoms with Gasteiger partial charge in [0.05, 0.1) is 5.69 Å². The molecule has 2 aromatic rings. The van der Waals surface area contributed by atoms with E-state index in [1.807, 2.05) is 25.1 Å². The summed E-state index contributed by atoms with van der Waals surface area (Å²) in [6.45, 7) is 3.71. The minimum Gasteiger partial charge on any atom is -0.477 e. The van der Waals surface area contributed by atoms with Crippen LogP contribution in [0.25, 0.3) is 5.65 Å². The lowest BCUT2D eigenvalue weighted by molar-refractivity contribution is 0.0688. The number of hydrogen-bond donors (Lipinski definition) is 1. The normalized spacial score (nSPS) is 10.8. The number of fused-ring (bicyclic) bond motifs is 1. The van der Waals surface area contributed by atoms with Crippen molar-refractivity contribution in [3.63, 3.8) is 0 Å². The highest BCUT2D eigenvalue weighted by Crippen LogP contribution is 2.15. The van der Waals surface area contributed by atoms with E-state index in [4.69, 9.17) is 5.11 Å². The molecule has 0 bridgehead atoms. The van der Waals surface area contributed by atoms with Crippen LogP contribution in [0.3, 0.4) is 0 Å². The first kappa shape index (κ1) is 9.71. The molecule has 0 aliphatic heterocycles. The van der Waals surface area contributed by atoms with Crippen LogP contribution in [0.1, 0.15) is 28.8 Å². The van der Waals surface area contributed by atoms with Gasteiger partial charge in [-0.15, -0.1) is 0 Å². The smallest absolute Gasteiger partial charge is 0.354 e. The number of aromatic nitrogens is 2. The molecule has 0 radical (unpaired) electrons. The summed E-state index contributed by atoms with van der Waals surface area (Å²) in [7, 11) is 0. The maximum Gasteiger partial charge on any atom is 0.354 e. The second kappa shape index (κ2) is 3.38. The van der Waals surface area contributed by atoms with Crippen molar-refractivity contribution < 1.29 is 9.90 Å². The summed E-state index contributed by atoms with van der Waals surface area (Å²) in [5, 5.41) is 9.11. The van der Waals surface area contributed by atoms with Crippen LogP contribution in [-0.2, 0) is 6.42 Å². The number of imidazole rings is 1. The third-order valence-electron chi connectivity index (χ3n) is 2.46. The zero-order chi connectivity index (χ0) is 11.0. The number of hydrogen-bond acceptors (Lipinski definition) is 2. The van der Waals surface area contributed by atoms with Gasteiger partial charge in [0.15, 0.2) is 5.69 Å². The molecule has 0 spiro atoms. The van der Waals surface area contributed by atoms with Gasteiger partial charge in [-0.1, -0.05) is 13.0 Å². The highest BCUT2D eigenvalue weighted by atomic mass is 16.4. The predicted molar refractivity (Wildman–Crippen MR) is 56.3 cm³/mol. The molecule has 78 valence electrons. The molecule has 2 aromatic heterocycles. The molecule has 4 heteroatoms. The zero-order valence-electron chi connectivity index (χ0n) is 8.69. The van der Waals surface area contributed by atoms with Crippen molar-refractivity contribution in [1.82, 2.24) is 9.38 Å². The van der Waals surface area contributed by atoms with E-state index in [0.717, 1.165) is 12.1 Å². The first-order valence-corrected chi connectivity index (χ1v) is 4.85. The van der Waals surface area contributed by atoms with Crippen molar-refractivity contribution in [3.8, 4) is 0 Å². The van der Waals surface area contributed by atoms with E-state index in [2.05, 4.69) is 4.98 Å². The molecule has 0 aromatic carbocycles. The van der Waals surface area contributed by atoms with E-state index in [1.165, 1.54) is 0 Å². The lowest BCUT2D eigenvalue weighted by atomic mass is 10.2. The fourth-order valence-electron chi connectivity index (χ4n) is 1.80. The quantitative estimate of drug-likeness (QED) is 0.812. The molecule has 0 unspecified atom stereocenters. The number of aryl methyl sites for hydroxylation is 2. The van der Waals surface area contributed by atoms with Crippen LogP contribution >= 0.6 is 0 Å². The van der Waals surface area contributed by atoms with Gasteiger partial charge < -0.3 is 5.11 Å². The standard InChI is InChI=1S/C11H12N2O2/c1-3-8-5-4-6-9-12-7(2)10(11(14)15)13(8)9/h4-6H,3H2,1-2H3,(H,14,15). The Kier molecular flexibility index (Phi) is 2.19. The number of pyridine rings is 1. The molecule has 0 aliphatic rings. The number of carboxylic acids is 1. The molecule has 1 N–H and O–H groups in total. The summed E-state index contributed by atoms with van der Waals surface area (Å²) in [6, 6.07) is 5.63. The van der Waals surface area contributed by atoms with Gasteiger partial charge >= 0.3 is 5.97 Å². The molecule has 2 heterocycles. The third kappa shape index (κ3) is 1.38. The van der Waals surface area contributed by atoms with Crippen molar-refractivity contribution in [1.29, 1.82) is 0 Å². The molecular formula is C11H12N2O2. The molecule has 0 aliphatic carbocycles. The van der Waals surface area contributed by atoms with Gasteiger partial charge in [-0.05, 0) is 25.5 Å². The fourth-order valence-corrected chi connectivity index (χ4v) is 1.80. The minimum atomic E-state index is -0.930. The molecule has 15 heavy (non-hydrogen) atoms. The Morgan fingerprint density at radius 1 is 1.53 bits per heavy atom. The summed E-state index contributed by atoms with van der Waals surface area (Å²) in [5.41, 5.74) is 2.49. The van der Waals surface area contributed by atoms with Crippen LogP contribution in [0.2, 0.25) is 0 Å². The molecule has 2 rings (SSSR count). The van der Waals surface area contributed by atoms with E-state index in [0.29, 0.717) is 11.3 Å². The Morgan fingerprint density at radius 2 is 2.27 bits per heavy atom. The molecule has 0 fully saturated rings. The summed E-state index contributed by atoms with van der Waals surface area (Å²) in [5.74, 6) is -0.930. The summed E-state index contributed by atoms with van der Waals surface area (Å²) in [6.07, 6.45) is 0.785. The van der Waals surface area contributed by atoms with Crippen LogP contribution in [0.4, 0.5) is 0 Å². The predicted octanol–water partition coefficient (Wildman–Crippen LogP) is 1.90. The van der Waals surface area contributed by atoms with Gasteiger partial charge in [0.1, 0.15) is 5.65 Å². The number of aromatic carboxylic acids is 1. The number of nitrogens with zero attached hydrogens (tertiary/aromatic N) is 2. The van der Waals surface area contributed by atoms with Gasteiger partial charge in [-0.2, -0.15) is 0 Å².